The molecule has 2 nitrogen and oxygen atoms in total. The molecule has 2 rings (SSSR count). The predicted octanol–water partition coefficient (Wildman–Crippen LogP) is 3.42. The van der Waals surface area contributed by atoms with Crippen molar-refractivity contribution in [2.45, 2.75) is 31.5 Å². The predicted molar refractivity (Wildman–Crippen MR) is 54.7 cm³/mol. The lowest BCUT2D eigenvalue weighted by Crippen LogP contribution is -2.18. The number of carbonyl (C=O) groups excluding carboxylic acids is 1. The van der Waals surface area contributed by atoms with E-state index in [9.17, 15) is 18.0 Å². The molecule has 0 saturated heterocycles. The van der Waals surface area contributed by atoms with Gasteiger partial charge < -0.3 is 4.74 Å². The first-order chi connectivity index (χ1) is 7.96. The smallest absolute Gasteiger partial charge is 0.405 e. The largest absolute Gasteiger partial charge is 0.573 e. The summed E-state index contributed by atoms with van der Waals surface area (Å²) in [4.78, 5) is 11.2. The van der Waals surface area contributed by atoms with Gasteiger partial charge >= 0.3 is 6.36 Å². The summed E-state index contributed by atoms with van der Waals surface area (Å²) >= 11 is 0. The number of benzene rings is 1. The number of Topliss-reactive ketones (excluding diaryl/α,β-unsaturated/α-hetero) is 1. The van der Waals surface area contributed by atoms with Crippen LogP contribution in [0.1, 0.15) is 30.7 Å². The molecule has 1 aliphatic carbocycles. The number of rotatable bonds is 2. The van der Waals surface area contributed by atoms with E-state index in [1.165, 1.54) is 12.1 Å². The van der Waals surface area contributed by atoms with E-state index in [1.807, 2.05) is 0 Å². The van der Waals surface area contributed by atoms with Gasteiger partial charge in [0.25, 0.3) is 0 Å². The van der Waals surface area contributed by atoms with Crippen molar-refractivity contribution in [2.75, 3.05) is 0 Å². The number of para-hydroxylation sites is 1. The van der Waals surface area contributed by atoms with E-state index >= 15 is 0 Å². The van der Waals surface area contributed by atoms with Crippen LogP contribution in [0.25, 0.3) is 0 Å². The van der Waals surface area contributed by atoms with Crippen molar-refractivity contribution in [3.05, 3.63) is 29.8 Å². The lowest BCUT2D eigenvalue weighted by atomic mass is 9.97. The Morgan fingerprint density at radius 2 is 1.94 bits per heavy atom. The maximum atomic E-state index is 12.2. The van der Waals surface area contributed by atoms with Gasteiger partial charge in [-0.25, -0.2) is 0 Å². The molecule has 1 saturated carbocycles. The fraction of sp³-hybridized carbons (Fsp3) is 0.417. The molecule has 0 aliphatic heterocycles. The van der Waals surface area contributed by atoms with Gasteiger partial charge in [0.05, 0.1) is 0 Å². The lowest BCUT2D eigenvalue weighted by molar-refractivity contribution is -0.275. The van der Waals surface area contributed by atoms with E-state index in [0.29, 0.717) is 24.8 Å². The Hall–Kier alpha value is -1.52. The molecule has 0 spiro atoms. The van der Waals surface area contributed by atoms with Crippen molar-refractivity contribution in [1.29, 1.82) is 0 Å². The van der Waals surface area contributed by atoms with Crippen molar-refractivity contribution >= 4 is 5.78 Å². The summed E-state index contributed by atoms with van der Waals surface area (Å²) in [5.41, 5.74) is 0.468. The number of hydrogen-bond donors (Lipinski definition) is 0. The van der Waals surface area contributed by atoms with Crippen LogP contribution >= 0.6 is 0 Å². The van der Waals surface area contributed by atoms with Gasteiger partial charge in [-0.05, 0) is 24.0 Å². The SMILES string of the molecule is O=C1CCC(c2ccccc2OC(F)(F)F)C1. The monoisotopic (exact) mass is 244 g/mol. The second-order valence-corrected chi connectivity index (χ2v) is 4.06. The molecular weight excluding hydrogens is 233 g/mol. The molecule has 0 radical (unpaired) electrons. The second kappa shape index (κ2) is 4.39. The summed E-state index contributed by atoms with van der Waals surface area (Å²) in [6.45, 7) is 0. The molecule has 0 aromatic heterocycles. The highest BCUT2D eigenvalue weighted by Crippen LogP contribution is 2.38. The second-order valence-electron chi connectivity index (χ2n) is 4.06. The maximum absolute atomic E-state index is 12.2. The van der Waals surface area contributed by atoms with Crippen LogP contribution in [0, 0.1) is 0 Å². The molecule has 1 aromatic carbocycles. The van der Waals surface area contributed by atoms with Gasteiger partial charge in [-0.2, -0.15) is 0 Å². The van der Waals surface area contributed by atoms with Crippen LogP contribution in [-0.2, 0) is 4.79 Å². The Morgan fingerprint density at radius 3 is 2.53 bits per heavy atom. The van der Waals surface area contributed by atoms with Crippen LogP contribution in [0.5, 0.6) is 5.75 Å². The first-order valence-electron chi connectivity index (χ1n) is 5.32. The van der Waals surface area contributed by atoms with Gasteiger partial charge in [0.15, 0.2) is 0 Å². The standard InChI is InChI=1S/C12H11F3O2/c13-12(14,15)17-11-4-2-1-3-10(11)8-5-6-9(16)7-8/h1-4,8H,5-7H2. The molecule has 0 amide bonds. The van der Waals surface area contributed by atoms with Crippen molar-refractivity contribution in [1.82, 2.24) is 0 Å². The minimum Gasteiger partial charge on any atom is -0.405 e. The average Bonchev–Trinajstić information content (AvgIpc) is 2.63. The van der Waals surface area contributed by atoms with Gasteiger partial charge in [-0.3, -0.25) is 4.79 Å². The molecule has 1 unspecified atom stereocenters. The lowest BCUT2D eigenvalue weighted by Gasteiger charge is -2.16. The third-order valence-corrected chi connectivity index (χ3v) is 2.83. The van der Waals surface area contributed by atoms with Crippen LogP contribution in [0.3, 0.4) is 0 Å². The fourth-order valence-corrected chi connectivity index (χ4v) is 2.12. The van der Waals surface area contributed by atoms with Gasteiger partial charge in [-0.1, -0.05) is 18.2 Å². The average molecular weight is 244 g/mol. The highest BCUT2D eigenvalue weighted by Gasteiger charge is 2.34. The van der Waals surface area contributed by atoms with E-state index in [4.69, 9.17) is 0 Å². The van der Waals surface area contributed by atoms with Gasteiger partial charge in [0.1, 0.15) is 11.5 Å². The van der Waals surface area contributed by atoms with Gasteiger partial charge in [-0.15, -0.1) is 13.2 Å². The summed E-state index contributed by atoms with van der Waals surface area (Å²) in [5.74, 6) is -0.252. The van der Waals surface area contributed by atoms with Crippen LogP contribution in [0.2, 0.25) is 0 Å². The first kappa shape index (κ1) is 12.0. The molecule has 1 aliphatic rings. The molecule has 0 heterocycles. The Morgan fingerprint density at radius 1 is 1.24 bits per heavy atom. The summed E-state index contributed by atoms with van der Waals surface area (Å²) in [5, 5.41) is 0. The van der Waals surface area contributed by atoms with Crippen molar-refractivity contribution in [2.24, 2.45) is 0 Å². The zero-order chi connectivity index (χ0) is 12.5. The maximum Gasteiger partial charge on any atom is 0.573 e. The Bertz CT molecular complexity index is 426. The van der Waals surface area contributed by atoms with Crippen LogP contribution in [0.15, 0.2) is 24.3 Å². The number of ketones is 1. The Labute approximate surface area is 96.4 Å². The molecule has 92 valence electrons. The number of carbonyl (C=O) groups is 1. The zero-order valence-electron chi connectivity index (χ0n) is 8.96. The summed E-state index contributed by atoms with van der Waals surface area (Å²) in [6, 6.07) is 6.01. The van der Waals surface area contributed by atoms with E-state index in [2.05, 4.69) is 4.74 Å². The molecule has 5 heteroatoms. The summed E-state index contributed by atoms with van der Waals surface area (Å²) in [7, 11) is 0. The quantitative estimate of drug-likeness (QED) is 0.796. The minimum absolute atomic E-state index is 0.0943. The fourth-order valence-electron chi connectivity index (χ4n) is 2.12. The third kappa shape index (κ3) is 2.99. The highest BCUT2D eigenvalue weighted by atomic mass is 19.4. The zero-order valence-corrected chi connectivity index (χ0v) is 8.96. The van der Waals surface area contributed by atoms with Crippen LogP contribution in [-0.4, -0.2) is 12.1 Å². The Balaban J connectivity index is 2.24. The number of hydrogen-bond acceptors (Lipinski definition) is 2. The van der Waals surface area contributed by atoms with Crippen molar-refractivity contribution in [3.63, 3.8) is 0 Å². The van der Waals surface area contributed by atoms with Crippen molar-refractivity contribution in [3.8, 4) is 5.75 Å². The van der Waals surface area contributed by atoms with Gasteiger partial charge in [0, 0.05) is 12.8 Å². The van der Waals surface area contributed by atoms with E-state index in [0.717, 1.165) is 0 Å². The topological polar surface area (TPSA) is 26.3 Å². The van der Waals surface area contributed by atoms with E-state index < -0.39 is 6.36 Å². The number of halogens is 3. The van der Waals surface area contributed by atoms with Gasteiger partial charge in [0.2, 0.25) is 0 Å². The molecular formula is C12H11F3O2. The molecule has 1 aromatic rings. The van der Waals surface area contributed by atoms with E-state index in [1.54, 1.807) is 12.1 Å². The summed E-state index contributed by atoms with van der Waals surface area (Å²) < 4.78 is 40.6. The Kier molecular flexibility index (Phi) is 3.09. The van der Waals surface area contributed by atoms with Crippen molar-refractivity contribution < 1.29 is 22.7 Å². The third-order valence-electron chi connectivity index (χ3n) is 2.83. The molecule has 1 atom stereocenters. The molecule has 17 heavy (non-hydrogen) atoms. The van der Waals surface area contributed by atoms with Crippen LogP contribution < -0.4 is 4.74 Å². The minimum atomic E-state index is -4.70. The highest BCUT2D eigenvalue weighted by molar-refractivity contribution is 5.81. The summed E-state index contributed by atoms with van der Waals surface area (Å²) in [6.07, 6.45) is -3.36. The molecule has 0 N–H and O–H groups in total. The molecule has 0 bridgehead atoms. The number of alkyl halides is 3. The normalized spacial score (nSPS) is 20.6. The first-order valence-corrected chi connectivity index (χ1v) is 5.32. The number of ether oxygens (including phenoxy) is 1. The van der Waals surface area contributed by atoms with E-state index in [-0.39, 0.29) is 17.5 Å². The molecule has 1 fully saturated rings. The van der Waals surface area contributed by atoms with Crippen LogP contribution in [0.4, 0.5) is 13.2 Å².